The Morgan fingerprint density at radius 3 is 2.04 bits per heavy atom. The lowest BCUT2D eigenvalue weighted by atomic mass is 10.0. The third-order valence-electron chi connectivity index (χ3n) is 8.01. The minimum Gasteiger partial charge on any atom is -0.472 e. The second-order valence-electron chi connectivity index (χ2n) is 12.4. The van der Waals surface area contributed by atoms with Gasteiger partial charge in [0.15, 0.2) is 0 Å². The Kier molecular flexibility index (Phi) is 13.9. The minimum atomic E-state index is -3.73. The number of carbonyl (C=O) groups is 4. The smallest absolute Gasteiger partial charge is 0.251 e. The number of nitrogens with zero attached hydrogens (tertiary/aromatic N) is 1. The maximum absolute atomic E-state index is 13.8. The van der Waals surface area contributed by atoms with E-state index in [-0.39, 0.29) is 47.1 Å². The summed E-state index contributed by atoms with van der Waals surface area (Å²) in [7, 11) is -2.39. The lowest BCUT2D eigenvalue weighted by Crippen LogP contribution is -2.55. The molecule has 0 saturated carbocycles. The van der Waals surface area contributed by atoms with Crippen LogP contribution in [0.25, 0.3) is 0 Å². The fourth-order valence-corrected chi connectivity index (χ4v) is 5.49. The first-order chi connectivity index (χ1) is 23.1. The first-order valence-electron chi connectivity index (χ1n) is 16.2. The van der Waals surface area contributed by atoms with Crippen molar-refractivity contribution in [3.8, 4) is 0 Å². The molecule has 0 aliphatic carbocycles. The molecule has 1 aromatic heterocycles. The van der Waals surface area contributed by atoms with Crippen molar-refractivity contribution in [3.63, 3.8) is 0 Å². The lowest BCUT2D eigenvalue weighted by molar-refractivity contribution is -0.130. The van der Waals surface area contributed by atoms with E-state index in [0.717, 1.165) is 21.7 Å². The zero-order valence-corrected chi connectivity index (χ0v) is 29.9. The van der Waals surface area contributed by atoms with Crippen LogP contribution in [0.15, 0.2) is 71.5 Å². The number of rotatable bonds is 17. The second kappa shape index (κ2) is 17.6. The van der Waals surface area contributed by atoms with Gasteiger partial charge in [-0.25, -0.2) is 8.42 Å². The number of furan rings is 1. The predicted octanol–water partition coefficient (Wildman–Crippen LogP) is 2.76. The molecule has 0 fully saturated rings. The summed E-state index contributed by atoms with van der Waals surface area (Å²) in [5.41, 5.74) is 1.97. The summed E-state index contributed by atoms with van der Waals surface area (Å²) in [5.74, 6) is -1.83. The van der Waals surface area contributed by atoms with Crippen LogP contribution in [0.5, 0.6) is 0 Å². The number of sulfonamides is 1. The maximum atomic E-state index is 13.8. The number of anilines is 1. The van der Waals surface area contributed by atoms with Crippen LogP contribution >= 0.6 is 0 Å². The Morgan fingerprint density at radius 2 is 1.49 bits per heavy atom. The third-order valence-corrected chi connectivity index (χ3v) is 9.22. The van der Waals surface area contributed by atoms with Crippen LogP contribution in [0.2, 0.25) is 0 Å². The number of nitrogens with one attached hydrogen (secondary N) is 5. The molecule has 0 saturated heterocycles. The molecule has 49 heavy (non-hydrogen) atoms. The van der Waals surface area contributed by atoms with Crippen molar-refractivity contribution in [2.24, 2.45) is 5.92 Å². The van der Waals surface area contributed by atoms with E-state index in [1.807, 2.05) is 51.1 Å². The number of benzene rings is 2. The van der Waals surface area contributed by atoms with Crippen LogP contribution < -0.4 is 30.9 Å². The van der Waals surface area contributed by atoms with E-state index in [4.69, 9.17) is 4.42 Å². The first kappa shape index (κ1) is 38.8. The number of likely N-dealkylation sites (N-methyl/N-ethyl adjacent to an activating group) is 1. The number of hydrogen-bond acceptors (Lipinski definition) is 8. The van der Waals surface area contributed by atoms with Crippen molar-refractivity contribution < 1.29 is 32.0 Å². The van der Waals surface area contributed by atoms with Gasteiger partial charge in [0.05, 0.1) is 36.6 Å². The van der Waals surface area contributed by atoms with Gasteiger partial charge in [-0.15, -0.1) is 0 Å². The molecule has 0 aliphatic rings. The van der Waals surface area contributed by atoms with Crippen LogP contribution in [0.3, 0.4) is 0 Å². The SMILES string of the molecule is CCNC(=O)[C@@H](NC(=O)[C@H](C)NC[C@H](Cc1ccoc1)NC(=O)c1cc(C(=O)N[C@H](C)c2ccccc2)cc(N(C)S(C)(=O)=O)c1)C(C)C. The van der Waals surface area contributed by atoms with E-state index in [0.29, 0.717) is 13.0 Å². The van der Waals surface area contributed by atoms with Gasteiger partial charge >= 0.3 is 0 Å². The Bertz CT molecular complexity index is 1680. The summed E-state index contributed by atoms with van der Waals surface area (Å²) in [5, 5.41) is 14.5. The molecule has 3 aromatic rings. The van der Waals surface area contributed by atoms with Crippen LogP contribution in [-0.4, -0.2) is 76.6 Å². The van der Waals surface area contributed by atoms with Gasteiger partial charge in [0, 0.05) is 37.3 Å². The molecule has 4 atom stereocenters. The average molecular weight is 697 g/mol. The molecule has 3 rings (SSSR count). The van der Waals surface area contributed by atoms with Crippen molar-refractivity contribution in [1.82, 2.24) is 26.6 Å². The van der Waals surface area contributed by atoms with Crippen LogP contribution in [0.4, 0.5) is 5.69 Å². The highest BCUT2D eigenvalue weighted by Gasteiger charge is 2.27. The molecule has 13 nitrogen and oxygen atoms in total. The summed E-state index contributed by atoms with van der Waals surface area (Å²) >= 11 is 0. The van der Waals surface area contributed by atoms with E-state index in [1.54, 1.807) is 26.2 Å². The fraction of sp³-hybridized carbons (Fsp3) is 0.429. The molecule has 1 heterocycles. The van der Waals surface area contributed by atoms with Crippen LogP contribution in [-0.2, 0) is 26.0 Å². The third kappa shape index (κ3) is 11.5. The summed E-state index contributed by atoms with van der Waals surface area (Å²) in [6.07, 6.45) is 4.42. The Morgan fingerprint density at radius 1 is 0.857 bits per heavy atom. The highest BCUT2D eigenvalue weighted by atomic mass is 32.2. The number of carbonyl (C=O) groups excluding carboxylic acids is 4. The van der Waals surface area contributed by atoms with Gasteiger partial charge in [-0.05, 0) is 68.5 Å². The highest BCUT2D eigenvalue weighted by Crippen LogP contribution is 2.22. The normalized spacial score (nSPS) is 13.9. The van der Waals surface area contributed by atoms with Gasteiger partial charge in [-0.2, -0.15) is 0 Å². The molecule has 4 amide bonds. The van der Waals surface area contributed by atoms with Crippen molar-refractivity contribution in [3.05, 3.63) is 89.4 Å². The van der Waals surface area contributed by atoms with Gasteiger partial charge in [-0.3, -0.25) is 23.5 Å². The standard InChI is InChI=1S/C35H48N6O7S/c1-8-36-35(45)31(22(2)3)40-32(42)24(5)37-20-29(16-25-14-15-48-21-25)39-34(44)28-17-27(18-30(19-28)41(6)49(7,46)47)33(43)38-23(4)26-12-10-9-11-13-26/h9-15,17-19,21-24,29,31,37H,8,16,20H2,1-7H3,(H,36,45)(H,38,43)(H,39,44)(H,40,42)/t23-,24+,29+,31+/m1/s1. The molecular weight excluding hydrogens is 648 g/mol. The van der Waals surface area contributed by atoms with Gasteiger partial charge < -0.3 is 31.0 Å². The summed E-state index contributed by atoms with van der Waals surface area (Å²) in [6, 6.07) is 13.0. The number of amides is 4. The first-order valence-corrected chi connectivity index (χ1v) is 18.0. The van der Waals surface area contributed by atoms with E-state index in [9.17, 15) is 27.6 Å². The van der Waals surface area contributed by atoms with Crippen molar-refractivity contribution in [2.45, 2.75) is 65.2 Å². The monoisotopic (exact) mass is 696 g/mol. The molecule has 0 unspecified atom stereocenters. The molecular formula is C35H48N6O7S. The molecule has 5 N–H and O–H groups in total. The second-order valence-corrected chi connectivity index (χ2v) is 14.4. The number of hydrogen-bond donors (Lipinski definition) is 5. The molecule has 14 heteroatoms. The summed E-state index contributed by atoms with van der Waals surface area (Å²) < 4.78 is 31.1. The van der Waals surface area contributed by atoms with Crippen molar-refractivity contribution in [2.75, 3.05) is 30.7 Å². The molecule has 0 aliphatic heterocycles. The van der Waals surface area contributed by atoms with Crippen molar-refractivity contribution >= 4 is 39.3 Å². The molecule has 266 valence electrons. The predicted molar refractivity (Wildman–Crippen MR) is 189 cm³/mol. The Hall–Kier alpha value is -4.69. The minimum absolute atomic E-state index is 0.0650. The summed E-state index contributed by atoms with van der Waals surface area (Å²) in [6.45, 7) is 9.57. The summed E-state index contributed by atoms with van der Waals surface area (Å²) in [4.78, 5) is 52.7. The largest absolute Gasteiger partial charge is 0.472 e. The van der Waals surface area contributed by atoms with Crippen molar-refractivity contribution in [1.29, 1.82) is 0 Å². The van der Waals surface area contributed by atoms with Gasteiger partial charge in [-0.1, -0.05) is 44.2 Å². The van der Waals surface area contributed by atoms with Crippen LogP contribution in [0, 0.1) is 5.92 Å². The molecule has 2 aromatic carbocycles. The average Bonchev–Trinajstić information content (AvgIpc) is 3.58. The lowest BCUT2D eigenvalue weighted by Gasteiger charge is -2.25. The topological polar surface area (TPSA) is 179 Å². The van der Waals surface area contributed by atoms with Gasteiger partial charge in [0.25, 0.3) is 11.8 Å². The molecule has 0 bridgehead atoms. The van der Waals surface area contributed by atoms with E-state index in [2.05, 4.69) is 26.6 Å². The molecule has 0 radical (unpaired) electrons. The Labute approximate surface area is 288 Å². The van der Waals surface area contributed by atoms with Gasteiger partial charge in [0.1, 0.15) is 6.04 Å². The fourth-order valence-electron chi connectivity index (χ4n) is 5.00. The molecule has 0 spiro atoms. The van der Waals surface area contributed by atoms with E-state index >= 15 is 0 Å². The maximum Gasteiger partial charge on any atom is 0.251 e. The zero-order valence-electron chi connectivity index (χ0n) is 29.1. The Balaban J connectivity index is 1.84. The zero-order chi connectivity index (χ0) is 36.3. The van der Waals surface area contributed by atoms with Crippen LogP contribution in [0.1, 0.15) is 72.5 Å². The van der Waals surface area contributed by atoms with E-state index in [1.165, 1.54) is 31.5 Å². The quantitative estimate of drug-likeness (QED) is 0.143. The highest BCUT2D eigenvalue weighted by molar-refractivity contribution is 7.92. The van der Waals surface area contributed by atoms with E-state index < -0.39 is 40.0 Å². The van der Waals surface area contributed by atoms with Gasteiger partial charge in [0.2, 0.25) is 21.8 Å².